The van der Waals surface area contributed by atoms with E-state index in [-0.39, 0.29) is 5.82 Å². The summed E-state index contributed by atoms with van der Waals surface area (Å²) in [6, 6.07) is 4.90. The Bertz CT molecular complexity index is 627. The fourth-order valence-corrected chi connectivity index (χ4v) is 3.56. The zero-order valence-electron chi connectivity index (χ0n) is 13.5. The van der Waals surface area contributed by atoms with Crippen LogP contribution in [0.1, 0.15) is 31.2 Å². The third kappa shape index (κ3) is 3.93. The van der Waals surface area contributed by atoms with E-state index in [0.717, 1.165) is 44.7 Å². The molecule has 124 valence electrons. The lowest BCUT2D eigenvalue weighted by Gasteiger charge is -2.32. The highest BCUT2D eigenvalue weighted by atomic mass is 35.5. The van der Waals surface area contributed by atoms with Crippen molar-refractivity contribution in [2.24, 2.45) is 5.92 Å². The second kappa shape index (κ2) is 7.45. The number of aryl methyl sites for hydroxylation is 1. The first-order valence-electron chi connectivity index (χ1n) is 8.32. The monoisotopic (exact) mass is 335 g/mol. The van der Waals surface area contributed by atoms with E-state index in [2.05, 4.69) is 27.6 Å². The van der Waals surface area contributed by atoms with Gasteiger partial charge in [0.05, 0.1) is 0 Å². The molecule has 0 unspecified atom stereocenters. The Hall–Kier alpha value is -1.39. The molecule has 0 aliphatic carbocycles. The molecular weight excluding hydrogens is 313 g/mol. The second-order valence-corrected chi connectivity index (χ2v) is 6.68. The van der Waals surface area contributed by atoms with Crippen molar-refractivity contribution in [1.82, 2.24) is 14.5 Å². The van der Waals surface area contributed by atoms with Gasteiger partial charge in [0.2, 0.25) is 0 Å². The molecule has 0 saturated carbocycles. The number of benzene rings is 1. The van der Waals surface area contributed by atoms with Crippen molar-refractivity contribution in [1.29, 1.82) is 0 Å². The van der Waals surface area contributed by atoms with Crippen LogP contribution in [0.2, 0.25) is 5.02 Å². The number of imidazole rings is 1. The van der Waals surface area contributed by atoms with Gasteiger partial charge >= 0.3 is 0 Å². The summed E-state index contributed by atoms with van der Waals surface area (Å²) in [4.78, 5) is 6.69. The van der Waals surface area contributed by atoms with Gasteiger partial charge in [-0.1, -0.05) is 24.6 Å². The summed E-state index contributed by atoms with van der Waals surface area (Å²) in [5.41, 5.74) is 0.621. The molecule has 2 aromatic rings. The summed E-state index contributed by atoms with van der Waals surface area (Å²) in [5.74, 6) is 1.62. The van der Waals surface area contributed by atoms with Crippen LogP contribution < -0.4 is 0 Å². The zero-order valence-corrected chi connectivity index (χ0v) is 14.3. The minimum Gasteiger partial charge on any atom is -0.335 e. The summed E-state index contributed by atoms with van der Waals surface area (Å²) < 4.78 is 16.2. The standard InChI is InChI=1S/C18H23ClFN3/c1-2-18-21-8-11-23(18)12-14-6-9-22(10-7-14)13-15-16(19)4-3-5-17(15)20/h3-5,8,11,14H,2,6-7,9-10,12-13H2,1H3. The average Bonchev–Trinajstić information content (AvgIpc) is 3.00. The van der Waals surface area contributed by atoms with Gasteiger partial charge in [-0.2, -0.15) is 0 Å². The van der Waals surface area contributed by atoms with Gasteiger partial charge in [0.1, 0.15) is 11.6 Å². The predicted molar refractivity (Wildman–Crippen MR) is 91.0 cm³/mol. The van der Waals surface area contributed by atoms with E-state index < -0.39 is 0 Å². The molecule has 1 saturated heterocycles. The van der Waals surface area contributed by atoms with Crippen LogP contribution >= 0.6 is 11.6 Å². The van der Waals surface area contributed by atoms with Crippen molar-refractivity contribution in [3.63, 3.8) is 0 Å². The van der Waals surface area contributed by atoms with Gasteiger partial charge in [-0.25, -0.2) is 9.37 Å². The second-order valence-electron chi connectivity index (χ2n) is 6.27. The van der Waals surface area contributed by atoms with E-state index in [9.17, 15) is 4.39 Å². The molecule has 2 heterocycles. The van der Waals surface area contributed by atoms with E-state index in [1.165, 1.54) is 6.07 Å². The van der Waals surface area contributed by atoms with Crippen LogP contribution in [0.3, 0.4) is 0 Å². The predicted octanol–water partition coefficient (Wildman–Crippen LogP) is 4.15. The number of rotatable bonds is 5. The van der Waals surface area contributed by atoms with Gasteiger partial charge < -0.3 is 4.57 Å². The molecule has 0 radical (unpaired) electrons. The molecule has 0 bridgehead atoms. The van der Waals surface area contributed by atoms with E-state index in [0.29, 0.717) is 23.0 Å². The van der Waals surface area contributed by atoms with Crippen LogP contribution in [-0.2, 0) is 19.5 Å². The number of nitrogens with zero attached hydrogens (tertiary/aromatic N) is 3. The van der Waals surface area contributed by atoms with Crippen molar-refractivity contribution in [3.8, 4) is 0 Å². The van der Waals surface area contributed by atoms with Crippen LogP contribution in [0, 0.1) is 11.7 Å². The molecule has 1 aliphatic heterocycles. The largest absolute Gasteiger partial charge is 0.335 e. The molecule has 0 N–H and O–H groups in total. The van der Waals surface area contributed by atoms with E-state index in [1.807, 2.05) is 6.20 Å². The summed E-state index contributed by atoms with van der Waals surface area (Å²) in [6.45, 7) is 5.76. The Morgan fingerprint density at radius 3 is 2.78 bits per heavy atom. The molecule has 1 aromatic heterocycles. The number of piperidine rings is 1. The Morgan fingerprint density at radius 2 is 2.09 bits per heavy atom. The molecule has 0 spiro atoms. The highest BCUT2D eigenvalue weighted by Gasteiger charge is 2.21. The Balaban J connectivity index is 1.54. The molecule has 1 aliphatic rings. The maximum Gasteiger partial charge on any atom is 0.129 e. The molecule has 23 heavy (non-hydrogen) atoms. The molecular formula is C18H23ClFN3. The number of hydrogen-bond acceptors (Lipinski definition) is 2. The van der Waals surface area contributed by atoms with Gasteiger partial charge in [0.15, 0.2) is 0 Å². The summed E-state index contributed by atoms with van der Waals surface area (Å²) in [5, 5.41) is 0.526. The Kier molecular flexibility index (Phi) is 5.34. The smallest absolute Gasteiger partial charge is 0.129 e. The van der Waals surface area contributed by atoms with Crippen LogP contribution in [0.4, 0.5) is 4.39 Å². The molecule has 5 heteroatoms. The lowest BCUT2D eigenvalue weighted by atomic mass is 9.96. The van der Waals surface area contributed by atoms with Crippen molar-refractivity contribution in [2.45, 2.75) is 39.3 Å². The Morgan fingerprint density at radius 1 is 1.30 bits per heavy atom. The van der Waals surface area contributed by atoms with Crippen LogP contribution in [0.5, 0.6) is 0 Å². The maximum absolute atomic E-state index is 13.9. The number of likely N-dealkylation sites (tertiary alicyclic amines) is 1. The lowest BCUT2D eigenvalue weighted by molar-refractivity contribution is 0.165. The van der Waals surface area contributed by atoms with E-state index >= 15 is 0 Å². The van der Waals surface area contributed by atoms with Gasteiger partial charge in [-0.3, -0.25) is 4.90 Å². The van der Waals surface area contributed by atoms with Crippen molar-refractivity contribution in [3.05, 3.63) is 52.8 Å². The van der Waals surface area contributed by atoms with Crippen molar-refractivity contribution < 1.29 is 4.39 Å². The summed E-state index contributed by atoms with van der Waals surface area (Å²) in [6.07, 6.45) is 7.19. The number of halogens is 2. The zero-order chi connectivity index (χ0) is 16.2. The maximum atomic E-state index is 13.9. The topological polar surface area (TPSA) is 21.1 Å². The first-order valence-corrected chi connectivity index (χ1v) is 8.70. The third-order valence-electron chi connectivity index (χ3n) is 4.72. The van der Waals surface area contributed by atoms with Crippen LogP contribution in [-0.4, -0.2) is 27.5 Å². The molecule has 1 aromatic carbocycles. The van der Waals surface area contributed by atoms with E-state index in [4.69, 9.17) is 11.6 Å². The lowest BCUT2D eigenvalue weighted by Crippen LogP contribution is -2.35. The van der Waals surface area contributed by atoms with Gasteiger partial charge in [0.25, 0.3) is 0 Å². The average molecular weight is 336 g/mol. The highest BCUT2D eigenvalue weighted by Crippen LogP contribution is 2.25. The van der Waals surface area contributed by atoms with Crippen LogP contribution in [0.25, 0.3) is 0 Å². The van der Waals surface area contributed by atoms with Crippen molar-refractivity contribution in [2.75, 3.05) is 13.1 Å². The number of hydrogen-bond donors (Lipinski definition) is 0. The highest BCUT2D eigenvalue weighted by molar-refractivity contribution is 6.31. The molecule has 0 atom stereocenters. The summed E-state index contributed by atoms with van der Waals surface area (Å²) in [7, 11) is 0. The van der Waals surface area contributed by atoms with Gasteiger partial charge in [-0.15, -0.1) is 0 Å². The number of aromatic nitrogens is 2. The van der Waals surface area contributed by atoms with Gasteiger partial charge in [-0.05, 0) is 44.0 Å². The SMILES string of the molecule is CCc1nccn1CC1CCN(Cc2c(F)cccc2Cl)CC1. The summed E-state index contributed by atoms with van der Waals surface area (Å²) >= 11 is 6.13. The molecule has 1 fully saturated rings. The minimum absolute atomic E-state index is 0.203. The van der Waals surface area contributed by atoms with Gasteiger partial charge in [0, 0.05) is 42.5 Å². The molecule has 3 nitrogen and oxygen atoms in total. The fraction of sp³-hybridized carbons (Fsp3) is 0.500. The fourth-order valence-electron chi connectivity index (χ4n) is 3.33. The quantitative estimate of drug-likeness (QED) is 0.818. The first-order chi connectivity index (χ1) is 11.2. The minimum atomic E-state index is -0.203. The van der Waals surface area contributed by atoms with E-state index in [1.54, 1.807) is 12.1 Å². The first kappa shape index (κ1) is 16.5. The normalized spacial score (nSPS) is 16.8. The molecule has 0 amide bonds. The van der Waals surface area contributed by atoms with Crippen LogP contribution in [0.15, 0.2) is 30.6 Å². The molecule has 3 rings (SSSR count). The third-order valence-corrected chi connectivity index (χ3v) is 5.08. The van der Waals surface area contributed by atoms with Crippen molar-refractivity contribution >= 4 is 11.6 Å². The Labute approximate surface area is 142 Å².